The van der Waals surface area contributed by atoms with Crippen LogP contribution >= 0.6 is 11.8 Å². The lowest BCUT2D eigenvalue weighted by molar-refractivity contribution is 0.548. The van der Waals surface area contributed by atoms with Crippen LogP contribution in [0.25, 0.3) is 16.7 Å². The third-order valence-electron chi connectivity index (χ3n) is 4.84. The average Bonchev–Trinajstić information content (AvgIpc) is 2.76. The molecule has 2 aromatic carbocycles. The van der Waals surface area contributed by atoms with E-state index < -0.39 is 5.90 Å². The number of hydrogen-bond donors (Lipinski definition) is 2. The molecular formula is C25H28N5OS-. The summed E-state index contributed by atoms with van der Waals surface area (Å²) < 4.78 is 5.41. The number of aryl methyl sites for hydroxylation is 2. The maximum atomic E-state index is 10.6. The molecule has 3 rings (SSSR count). The normalized spacial score (nSPS) is 10.9. The van der Waals surface area contributed by atoms with Crippen molar-refractivity contribution in [2.24, 2.45) is 5.73 Å². The van der Waals surface area contributed by atoms with Crippen molar-refractivity contribution in [1.29, 1.82) is 5.41 Å². The Morgan fingerprint density at radius 2 is 1.88 bits per heavy atom. The molecule has 0 bridgehead atoms. The third-order valence-corrected chi connectivity index (χ3v) is 6.02. The van der Waals surface area contributed by atoms with Crippen LogP contribution in [-0.4, -0.2) is 33.6 Å². The molecule has 0 aliphatic carbocycles. The summed E-state index contributed by atoms with van der Waals surface area (Å²) in [6.07, 6.45) is 2.45. The highest BCUT2D eigenvalue weighted by Crippen LogP contribution is 2.29. The monoisotopic (exact) mass is 446 g/mol. The van der Waals surface area contributed by atoms with E-state index in [0.29, 0.717) is 28.7 Å². The molecule has 0 aliphatic rings. The SMILES string of the molecule is Cc1cc(-c2cnc(C)c(C(=[N-])OC(=N)c3ccc(CCN)cc3)n2)ccc1SC(C)C. The molecule has 166 valence electrons. The Bertz CT molecular complexity index is 1130. The van der Waals surface area contributed by atoms with Crippen LogP contribution in [0.4, 0.5) is 0 Å². The summed E-state index contributed by atoms with van der Waals surface area (Å²) in [5.41, 5.74) is 10.6. The molecule has 1 aromatic heterocycles. The summed E-state index contributed by atoms with van der Waals surface area (Å²) in [4.78, 5) is 10.2. The van der Waals surface area contributed by atoms with E-state index >= 15 is 0 Å². The van der Waals surface area contributed by atoms with Gasteiger partial charge < -0.3 is 15.9 Å². The molecule has 0 saturated heterocycles. The van der Waals surface area contributed by atoms with Crippen molar-refractivity contribution in [1.82, 2.24) is 9.97 Å². The van der Waals surface area contributed by atoms with Gasteiger partial charge in [-0.3, -0.25) is 10.4 Å². The third kappa shape index (κ3) is 5.81. The molecule has 0 radical (unpaired) electrons. The molecule has 0 aliphatic heterocycles. The molecule has 0 amide bonds. The number of thioether (sulfide) groups is 1. The number of nitrogens with two attached hydrogens (primary N) is 1. The molecule has 0 spiro atoms. The minimum atomic E-state index is -0.448. The van der Waals surface area contributed by atoms with Gasteiger partial charge in [-0.05, 0) is 62.2 Å². The van der Waals surface area contributed by atoms with Gasteiger partial charge in [-0.15, -0.1) is 11.8 Å². The van der Waals surface area contributed by atoms with Gasteiger partial charge in [0.05, 0.1) is 17.6 Å². The predicted octanol–water partition coefficient (Wildman–Crippen LogP) is 5.12. The van der Waals surface area contributed by atoms with Gasteiger partial charge in [0.15, 0.2) is 0 Å². The number of hydrogen-bond acceptors (Lipinski definition) is 6. The average molecular weight is 447 g/mol. The second kappa shape index (κ2) is 10.5. The zero-order valence-corrected chi connectivity index (χ0v) is 19.7. The van der Waals surface area contributed by atoms with Crippen LogP contribution in [0.15, 0.2) is 53.6 Å². The van der Waals surface area contributed by atoms with Gasteiger partial charge in [0.1, 0.15) is 5.69 Å². The Hall–Kier alpha value is -3.03. The van der Waals surface area contributed by atoms with Crippen molar-refractivity contribution in [3.63, 3.8) is 0 Å². The summed E-state index contributed by atoms with van der Waals surface area (Å²) in [6, 6.07) is 13.5. The molecule has 32 heavy (non-hydrogen) atoms. The van der Waals surface area contributed by atoms with Gasteiger partial charge in [-0.25, -0.2) is 4.98 Å². The van der Waals surface area contributed by atoms with E-state index in [1.807, 2.05) is 30.0 Å². The highest BCUT2D eigenvalue weighted by atomic mass is 32.2. The summed E-state index contributed by atoms with van der Waals surface area (Å²) >= 11 is 1.82. The van der Waals surface area contributed by atoms with Gasteiger partial charge in [-0.1, -0.05) is 32.0 Å². The van der Waals surface area contributed by atoms with Crippen molar-refractivity contribution in [2.45, 2.75) is 44.3 Å². The fourth-order valence-electron chi connectivity index (χ4n) is 3.18. The van der Waals surface area contributed by atoms with Crippen molar-refractivity contribution in [3.05, 3.63) is 82.1 Å². The second-order valence-electron chi connectivity index (χ2n) is 7.81. The highest BCUT2D eigenvalue weighted by Gasteiger charge is 2.12. The Morgan fingerprint density at radius 3 is 2.50 bits per heavy atom. The predicted molar refractivity (Wildman–Crippen MR) is 133 cm³/mol. The summed E-state index contributed by atoms with van der Waals surface area (Å²) in [5, 5.41) is 19.3. The maximum Gasteiger partial charge on any atom is 0.216 e. The van der Waals surface area contributed by atoms with Crippen molar-refractivity contribution in [3.8, 4) is 11.3 Å². The lowest BCUT2D eigenvalue weighted by Crippen LogP contribution is -2.16. The zero-order chi connectivity index (χ0) is 23.3. The largest absolute Gasteiger partial charge is 0.769 e. The van der Waals surface area contributed by atoms with Crippen LogP contribution in [0.1, 0.15) is 41.9 Å². The standard InChI is InChI=1S/C25H28N5OS/c1-15(2)32-22-10-9-20(13-16(22)3)21-14-29-17(4)23(30-21)25(28)31-24(27)19-7-5-18(6-8-19)11-12-26/h5-10,13-15,27H,11-12,26H2,1-4H3/q-1. The maximum absolute atomic E-state index is 10.6. The Morgan fingerprint density at radius 1 is 1.16 bits per heavy atom. The van der Waals surface area contributed by atoms with Crippen LogP contribution in [0.2, 0.25) is 0 Å². The molecule has 3 aromatic rings. The van der Waals surface area contributed by atoms with Gasteiger partial charge in [-0.2, -0.15) is 0 Å². The first-order chi connectivity index (χ1) is 15.3. The quantitative estimate of drug-likeness (QED) is 0.297. The Kier molecular flexibility index (Phi) is 7.77. The van der Waals surface area contributed by atoms with Crippen LogP contribution in [0.5, 0.6) is 0 Å². The molecule has 6 nitrogen and oxygen atoms in total. The molecule has 0 atom stereocenters. The van der Waals surface area contributed by atoms with Gasteiger partial charge in [0, 0.05) is 27.2 Å². The van der Waals surface area contributed by atoms with E-state index in [1.54, 1.807) is 25.3 Å². The first-order valence-corrected chi connectivity index (χ1v) is 11.4. The fraction of sp³-hybridized carbons (Fsp3) is 0.280. The summed E-state index contributed by atoms with van der Waals surface area (Å²) in [6.45, 7) is 8.71. The van der Waals surface area contributed by atoms with E-state index in [2.05, 4.69) is 42.9 Å². The van der Waals surface area contributed by atoms with Crippen molar-refractivity contribution >= 4 is 23.6 Å². The number of nitrogens with zero attached hydrogens (tertiary/aromatic N) is 3. The second-order valence-corrected chi connectivity index (χ2v) is 9.43. The van der Waals surface area contributed by atoms with Gasteiger partial charge in [0.2, 0.25) is 5.90 Å². The van der Waals surface area contributed by atoms with E-state index in [9.17, 15) is 5.41 Å². The lowest BCUT2D eigenvalue weighted by atomic mass is 10.1. The molecule has 7 heteroatoms. The smallest absolute Gasteiger partial charge is 0.216 e. The minimum Gasteiger partial charge on any atom is -0.769 e. The highest BCUT2D eigenvalue weighted by molar-refractivity contribution is 8.00. The molecular weight excluding hydrogens is 418 g/mol. The van der Waals surface area contributed by atoms with Crippen LogP contribution in [0.3, 0.4) is 0 Å². The molecule has 0 unspecified atom stereocenters. The van der Waals surface area contributed by atoms with Crippen molar-refractivity contribution < 1.29 is 4.74 Å². The lowest BCUT2D eigenvalue weighted by Gasteiger charge is -2.17. The van der Waals surface area contributed by atoms with E-state index in [1.165, 1.54) is 4.90 Å². The Balaban J connectivity index is 1.80. The number of nitrogens with one attached hydrogen (secondary N) is 1. The summed E-state index contributed by atoms with van der Waals surface area (Å²) in [7, 11) is 0. The first kappa shape index (κ1) is 23.6. The summed E-state index contributed by atoms with van der Waals surface area (Å²) in [5.74, 6) is -0.615. The Labute approximate surface area is 193 Å². The molecule has 0 saturated carbocycles. The number of aromatic nitrogens is 2. The van der Waals surface area contributed by atoms with E-state index in [0.717, 1.165) is 23.1 Å². The van der Waals surface area contributed by atoms with E-state index in [4.69, 9.17) is 15.9 Å². The van der Waals surface area contributed by atoms with Crippen LogP contribution < -0.4 is 5.73 Å². The van der Waals surface area contributed by atoms with E-state index in [-0.39, 0.29) is 11.6 Å². The number of benzene rings is 2. The van der Waals surface area contributed by atoms with Crippen LogP contribution in [0, 0.1) is 19.3 Å². The molecule has 3 N–H and O–H groups in total. The number of rotatable bonds is 7. The molecule has 1 heterocycles. The van der Waals surface area contributed by atoms with Gasteiger partial charge in [0.25, 0.3) is 0 Å². The van der Waals surface area contributed by atoms with Crippen molar-refractivity contribution in [2.75, 3.05) is 6.54 Å². The number of ether oxygens (including phenoxy) is 1. The van der Waals surface area contributed by atoms with Crippen LogP contribution in [-0.2, 0) is 11.2 Å². The fourth-order valence-corrected chi connectivity index (χ4v) is 4.08. The topological polar surface area (TPSA) is 107 Å². The first-order valence-electron chi connectivity index (χ1n) is 10.5. The molecule has 0 fully saturated rings. The van der Waals surface area contributed by atoms with Gasteiger partial charge >= 0.3 is 0 Å². The minimum absolute atomic E-state index is 0.167. The zero-order valence-electron chi connectivity index (χ0n) is 18.8.